The van der Waals surface area contributed by atoms with E-state index < -0.39 is 24.2 Å². The molecule has 0 atom stereocenters. The summed E-state index contributed by atoms with van der Waals surface area (Å²) in [5.74, 6) is -1.59. The van der Waals surface area contributed by atoms with Crippen molar-refractivity contribution in [3.8, 4) is 17.3 Å². The van der Waals surface area contributed by atoms with Crippen LogP contribution in [0.1, 0.15) is 6.92 Å². The summed E-state index contributed by atoms with van der Waals surface area (Å²) in [5.41, 5.74) is 7.19. The molecule has 0 amide bonds. The van der Waals surface area contributed by atoms with Crippen molar-refractivity contribution < 1.29 is 27.5 Å². The van der Waals surface area contributed by atoms with Crippen molar-refractivity contribution in [3.63, 3.8) is 0 Å². The highest BCUT2D eigenvalue weighted by Crippen LogP contribution is 2.29. The summed E-state index contributed by atoms with van der Waals surface area (Å²) in [5, 5.41) is 4.37. The molecule has 5 aromatic rings. The standard InChI is InChI=1S/C26H26F2N8O5S/c1-2-39-20(37)14-41-19-13-17(15(27)12-16(19)28)34-8-5-33(6-9-34)7-10-35-23-21(42-26(35)38)24-30-22(18-4-3-11-40-18)32-36(24)25(29)31-23/h3-4,11-13H,2,5-10,14H2,1H3,(H2,29,31). The summed E-state index contributed by atoms with van der Waals surface area (Å²) in [6.45, 7) is 4.30. The van der Waals surface area contributed by atoms with Gasteiger partial charge in [-0.3, -0.25) is 14.3 Å². The summed E-state index contributed by atoms with van der Waals surface area (Å²) in [4.78, 5) is 37.2. The normalized spacial score (nSPS) is 14.2. The van der Waals surface area contributed by atoms with E-state index >= 15 is 0 Å². The quantitative estimate of drug-likeness (QED) is 0.249. The van der Waals surface area contributed by atoms with Gasteiger partial charge in [0, 0.05) is 51.4 Å². The van der Waals surface area contributed by atoms with Gasteiger partial charge in [-0.15, -0.1) is 5.10 Å². The van der Waals surface area contributed by atoms with Crippen molar-refractivity contribution in [2.24, 2.45) is 0 Å². The Morgan fingerprint density at radius 2 is 1.93 bits per heavy atom. The Bertz CT molecular complexity index is 1810. The largest absolute Gasteiger partial charge is 0.479 e. The van der Waals surface area contributed by atoms with Crippen LogP contribution >= 0.6 is 11.3 Å². The Hall–Kier alpha value is -4.57. The first-order chi connectivity index (χ1) is 20.3. The number of furan rings is 1. The summed E-state index contributed by atoms with van der Waals surface area (Å²) in [7, 11) is 0. The van der Waals surface area contributed by atoms with Crippen molar-refractivity contribution in [2.45, 2.75) is 13.5 Å². The first-order valence-electron chi connectivity index (χ1n) is 13.2. The van der Waals surface area contributed by atoms with E-state index in [0.29, 0.717) is 66.8 Å². The van der Waals surface area contributed by atoms with Gasteiger partial charge in [0.05, 0.1) is 18.6 Å². The number of anilines is 2. The molecule has 13 nitrogen and oxygen atoms in total. The van der Waals surface area contributed by atoms with Crippen molar-refractivity contribution in [1.82, 2.24) is 29.0 Å². The number of aromatic nitrogens is 5. The topological polar surface area (TPSA) is 146 Å². The van der Waals surface area contributed by atoms with E-state index in [2.05, 4.69) is 20.0 Å². The van der Waals surface area contributed by atoms with E-state index in [-0.39, 0.29) is 28.9 Å². The zero-order valence-electron chi connectivity index (χ0n) is 22.5. The van der Waals surface area contributed by atoms with Crippen LogP contribution < -0.4 is 20.2 Å². The summed E-state index contributed by atoms with van der Waals surface area (Å²) < 4.78 is 47.8. The van der Waals surface area contributed by atoms with Gasteiger partial charge in [-0.2, -0.15) is 9.50 Å². The van der Waals surface area contributed by atoms with Crippen LogP contribution in [0, 0.1) is 11.6 Å². The van der Waals surface area contributed by atoms with Crippen molar-refractivity contribution in [2.75, 3.05) is 56.6 Å². The molecule has 4 aromatic heterocycles. The monoisotopic (exact) mass is 600 g/mol. The minimum atomic E-state index is -0.901. The number of hydrogen-bond donors (Lipinski definition) is 1. The first-order valence-corrected chi connectivity index (χ1v) is 14.0. The highest BCUT2D eigenvalue weighted by molar-refractivity contribution is 7.17. The zero-order chi connectivity index (χ0) is 29.4. The molecule has 220 valence electrons. The maximum atomic E-state index is 14.7. The molecule has 16 heteroatoms. The predicted octanol–water partition coefficient (Wildman–Crippen LogP) is 2.39. The molecule has 2 N–H and O–H groups in total. The molecule has 0 radical (unpaired) electrons. The maximum absolute atomic E-state index is 14.7. The van der Waals surface area contributed by atoms with Gasteiger partial charge in [0.25, 0.3) is 0 Å². The molecule has 0 unspecified atom stereocenters. The fourth-order valence-corrected chi connectivity index (χ4v) is 5.73. The lowest BCUT2D eigenvalue weighted by Gasteiger charge is -2.36. The first kappa shape index (κ1) is 27.6. The number of thiazole rings is 1. The number of esters is 1. The van der Waals surface area contributed by atoms with Crippen LogP contribution in [-0.4, -0.2) is 81.0 Å². The number of fused-ring (bicyclic) bond motifs is 3. The van der Waals surface area contributed by atoms with E-state index in [0.717, 1.165) is 17.4 Å². The molecule has 1 saturated heterocycles. The molecule has 0 bridgehead atoms. The second-order valence-corrected chi connectivity index (χ2v) is 10.4. The second-order valence-electron chi connectivity index (χ2n) is 9.45. The number of nitrogens with two attached hydrogens (primary N) is 1. The summed E-state index contributed by atoms with van der Waals surface area (Å²) in [6, 6.07) is 5.46. The molecule has 0 saturated carbocycles. The van der Waals surface area contributed by atoms with Gasteiger partial charge in [0.2, 0.25) is 11.8 Å². The Morgan fingerprint density at radius 3 is 2.67 bits per heavy atom. The fraction of sp³-hybridized carbons (Fsp3) is 0.346. The molecule has 1 aliphatic heterocycles. The van der Waals surface area contributed by atoms with Gasteiger partial charge in [0.1, 0.15) is 10.5 Å². The average Bonchev–Trinajstić information content (AvgIpc) is 3.72. The van der Waals surface area contributed by atoms with Gasteiger partial charge in [-0.25, -0.2) is 18.6 Å². The van der Waals surface area contributed by atoms with Crippen LogP contribution in [0.15, 0.2) is 39.7 Å². The van der Waals surface area contributed by atoms with Crippen LogP contribution in [-0.2, 0) is 16.1 Å². The number of carbonyl (C=O) groups is 1. The number of halogens is 2. The van der Waals surface area contributed by atoms with Gasteiger partial charge in [-0.1, -0.05) is 11.3 Å². The van der Waals surface area contributed by atoms with Crippen molar-refractivity contribution in [3.05, 3.63) is 51.8 Å². The minimum absolute atomic E-state index is 0.0925. The third-order valence-corrected chi connectivity index (χ3v) is 7.83. The number of hydrogen-bond acceptors (Lipinski definition) is 12. The molecular weight excluding hydrogens is 574 g/mol. The number of carbonyl (C=O) groups excluding carboxylic acids is 1. The number of piperazine rings is 1. The third-order valence-electron chi connectivity index (χ3n) is 6.86. The van der Waals surface area contributed by atoms with Crippen LogP contribution in [0.5, 0.6) is 5.75 Å². The molecule has 0 aliphatic carbocycles. The summed E-state index contributed by atoms with van der Waals surface area (Å²) >= 11 is 1.02. The van der Waals surface area contributed by atoms with E-state index in [1.54, 1.807) is 28.5 Å². The fourth-order valence-electron chi connectivity index (χ4n) is 4.80. The van der Waals surface area contributed by atoms with E-state index in [1.807, 2.05) is 0 Å². The lowest BCUT2D eigenvalue weighted by Crippen LogP contribution is -2.47. The molecule has 42 heavy (non-hydrogen) atoms. The molecule has 6 rings (SSSR count). The molecule has 1 fully saturated rings. The van der Waals surface area contributed by atoms with Crippen LogP contribution in [0.3, 0.4) is 0 Å². The van der Waals surface area contributed by atoms with Gasteiger partial charge >= 0.3 is 10.8 Å². The van der Waals surface area contributed by atoms with Gasteiger partial charge < -0.3 is 24.5 Å². The SMILES string of the molecule is CCOC(=O)COc1cc(N2CCN(CCn3c(=O)sc4c3nc(N)n3nc(-c5ccco5)nc43)CC2)c(F)cc1F. The van der Waals surface area contributed by atoms with E-state index in [4.69, 9.17) is 19.6 Å². The van der Waals surface area contributed by atoms with Crippen LogP contribution in [0.4, 0.5) is 20.4 Å². The molecular formula is C26H26F2N8O5S. The number of rotatable bonds is 9. The third kappa shape index (κ3) is 5.25. The lowest BCUT2D eigenvalue weighted by atomic mass is 10.2. The highest BCUT2D eigenvalue weighted by atomic mass is 32.1. The van der Waals surface area contributed by atoms with Crippen LogP contribution in [0.2, 0.25) is 0 Å². The van der Waals surface area contributed by atoms with Crippen LogP contribution in [0.25, 0.3) is 27.6 Å². The Labute approximate surface area is 240 Å². The highest BCUT2D eigenvalue weighted by Gasteiger charge is 2.24. The predicted molar refractivity (Wildman–Crippen MR) is 150 cm³/mol. The summed E-state index contributed by atoms with van der Waals surface area (Å²) in [6.07, 6.45) is 1.52. The van der Waals surface area contributed by atoms with Gasteiger partial charge in [0.15, 0.2) is 35.2 Å². The van der Waals surface area contributed by atoms with Gasteiger partial charge in [-0.05, 0) is 19.1 Å². The number of benzene rings is 1. The molecule has 1 aromatic carbocycles. The second kappa shape index (κ2) is 11.4. The Balaban J connectivity index is 1.13. The Morgan fingerprint density at radius 1 is 1.12 bits per heavy atom. The minimum Gasteiger partial charge on any atom is -0.479 e. The maximum Gasteiger partial charge on any atom is 0.344 e. The number of nitrogen functional groups attached to an aromatic ring is 1. The molecule has 1 aliphatic rings. The average molecular weight is 601 g/mol. The van der Waals surface area contributed by atoms with Crippen molar-refractivity contribution >= 4 is 44.9 Å². The smallest absolute Gasteiger partial charge is 0.344 e. The number of nitrogens with zero attached hydrogens (tertiary/aromatic N) is 7. The van der Waals surface area contributed by atoms with Crippen molar-refractivity contribution in [1.29, 1.82) is 0 Å². The van der Waals surface area contributed by atoms with E-state index in [1.165, 1.54) is 16.8 Å². The lowest BCUT2D eigenvalue weighted by molar-refractivity contribution is -0.145. The zero-order valence-corrected chi connectivity index (χ0v) is 23.3. The molecule has 0 spiro atoms. The Kier molecular flexibility index (Phi) is 7.47. The molecule has 5 heterocycles. The van der Waals surface area contributed by atoms with E-state index in [9.17, 15) is 18.4 Å². The number of ether oxygens (including phenoxy) is 2.